The maximum Gasteiger partial charge on any atom is -1.00 e. The minimum atomic E-state index is -3.06. The van der Waals surface area contributed by atoms with Crippen molar-refractivity contribution in [2.45, 2.75) is 96.0 Å². The molecule has 0 saturated carbocycles. The van der Waals surface area contributed by atoms with Crippen LogP contribution in [-0.2, 0) is 32.1 Å². The van der Waals surface area contributed by atoms with E-state index in [1.807, 2.05) is 12.1 Å². The molecule has 54 heavy (non-hydrogen) atoms. The van der Waals surface area contributed by atoms with E-state index in [1.54, 1.807) is 3.28 Å². The molecule has 0 spiro atoms. The Labute approximate surface area is 353 Å². The van der Waals surface area contributed by atoms with Crippen molar-refractivity contribution in [2.24, 2.45) is 5.41 Å². The van der Waals surface area contributed by atoms with Crippen molar-refractivity contribution in [1.82, 2.24) is 0 Å². The van der Waals surface area contributed by atoms with Gasteiger partial charge in [-0.05, 0) is 0 Å². The average molecular weight is 872 g/mol. The van der Waals surface area contributed by atoms with Crippen molar-refractivity contribution in [3.63, 3.8) is 0 Å². The molecule has 0 amide bonds. The predicted molar refractivity (Wildman–Crippen MR) is 223 cm³/mol. The summed E-state index contributed by atoms with van der Waals surface area (Å²) >= 11 is 10.7. The summed E-state index contributed by atoms with van der Waals surface area (Å²) in [5.74, 6) is 0. The fraction of sp³-hybridized carbons (Fsp3) is 0.327. The second-order valence-corrected chi connectivity index (χ2v) is 25.1. The number of hydrogen-bond acceptors (Lipinski definition) is 0. The molecule has 0 aliphatic heterocycles. The van der Waals surface area contributed by atoms with Gasteiger partial charge in [-0.1, -0.05) is 0 Å². The fourth-order valence-corrected chi connectivity index (χ4v) is 18.5. The van der Waals surface area contributed by atoms with Crippen LogP contribution in [0.5, 0.6) is 0 Å². The Kier molecular flexibility index (Phi) is 11.4. The van der Waals surface area contributed by atoms with Gasteiger partial charge in [0.1, 0.15) is 0 Å². The molecule has 5 heteroatoms. The summed E-state index contributed by atoms with van der Waals surface area (Å²) in [4.78, 5) is 0. The molecule has 0 N–H and O–H groups in total. The molecule has 0 nitrogen and oxygen atoms in total. The van der Waals surface area contributed by atoms with E-state index in [-0.39, 0.29) is 41.1 Å². The van der Waals surface area contributed by atoms with Crippen molar-refractivity contribution in [3.8, 4) is 11.1 Å². The van der Waals surface area contributed by atoms with E-state index in [2.05, 4.69) is 147 Å². The van der Waals surface area contributed by atoms with E-state index < -0.39 is 21.3 Å². The van der Waals surface area contributed by atoms with Crippen LogP contribution in [0.15, 0.2) is 106 Å². The van der Waals surface area contributed by atoms with Gasteiger partial charge in [0.2, 0.25) is 0 Å². The van der Waals surface area contributed by atoms with Gasteiger partial charge in [-0.15, -0.1) is 0 Å². The van der Waals surface area contributed by atoms with Gasteiger partial charge in [0.25, 0.3) is 0 Å². The number of allylic oxidation sites excluding steroid dienone is 8. The number of fused-ring (bicyclic) bond motifs is 5. The molecule has 4 aromatic rings. The summed E-state index contributed by atoms with van der Waals surface area (Å²) < 4.78 is 3.42. The number of benzene rings is 4. The monoisotopic (exact) mass is 868 g/mol. The molecule has 0 aromatic heterocycles. The number of rotatable bonds is 4. The van der Waals surface area contributed by atoms with Crippen LogP contribution in [0.3, 0.4) is 0 Å². The van der Waals surface area contributed by atoms with Crippen molar-refractivity contribution >= 4 is 37.6 Å². The van der Waals surface area contributed by atoms with E-state index in [1.165, 1.54) is 75.6 Å². The topological polar surface area (TPSA) is 0 Å². The Hall–Kier alpha value is -2.25. The third kappa shape index (κ3) is 7.13. The van der Waals surface area contributed by atoms with E-state index in [9.17, 15) is 0 Å². The van der Waals surface area contributed by atoms with Gasteiger partial charge >= 0.3 is 332 Å². The maximum atomic E-state index is 6.87. The predicted octanol–water partition coefficient (Wildman–Crippen LogP) is 8.39. The molecule has 4 aliphatic carbocycles. The van der Waals surface area contributed by atoms with Gasteiger partial charge in [-0.3, -0.25) is 0 Å². The normalized spacial score (nSPS) is 17.5. The Morgan fingerprint density at radius 3 is 1.52 bits per heavy atom. The number of halogens is 4. The van der Waals surface area contributed by atoms with Crippen molar-refractivity contribution in [2.75, 3.05) is 0 Å². The zero-order valence-electron chi connectivity index (χ0n) is 32.9. The molecule has 0 radical (unpaired) electrons. The first-order chi connectivity index (χ1) is 24.5. The fourth-order valence-electron chi connectivity index (χ4n) is 9.18. The molecular weight excluding hydrogens is 822 g/mol. The van der Waals surface area contributed by atoms with E-state index in [4.69, 9.17) is 23.2 Å². The standard InChI is InChI=1S/C27H29.C13H8Cl2.C9H13.2ClH.Zr/c1-16-7-9-26(3,4)24-12-18-11-19-13-25-21(17(2)8-10-27(25,5)6)15-23(19)22(18)14-20(16)24;14-12-5-1-3-10(8-12)7-11-4-2-6-13(15)9-11;1-9(2,3)8-6-4-5-7-8;;;/h7-8,11-15H,9-10H2,1-6H3;1-6,8-9H;6-7H,4H2,1-3H3;2*1H;/q;;;;;+2/p-2. The first-order valence-corrected chi connectivity index (χ1v) is 23.6. The summed E-state index contributed by atoms with van der Waals surface area (Å²) in [6, 6.07) is 27.8. The Bertz CT molecular complexity index is 2220. The van der Waals surface area contributed by atoms with Crippen LogP contribution in [0, 0.1) is 5.41 Å². The quantitative estimate of drug-likeness (QED) is 0.194. The molecule has 0 atom stereocenters. The first kappa shape index (κ1) is 41.4. The van der Waals surface area contributed by atoms with Crippen LogP contribution in [0.4, 0.5) is 0 Å². The largest absolute Gasteiger partial charge is 1.00 e. The van der Waals surface area contributed by atoms with Crippen LogP contribution in [0.25, 0.3) is 22.3 Å². The maximum absolute atomic E-state index is 6.87. The minimum Gasteiger partial charge on any atom is -1.00 e. The minimum absolute atomic E-state index is 0. The van der Waals surface area contributed by atoms with Crippen LogP contribution < -0.4 is 24.8 Å². The zero-order valence-corrected chi connectivity index (χ0v) is 38.4. The van der Waals surface area contributed by atoms with Gasteiger partial charge in [-0.25, -0.2) is 0 Å². The third-order valence-corrected chi connectivity index (χ3v) is 21.0. The molecule has 8 rings (SSSR count). The van der Waals surface area contributed by atoms with E-state index >= 15 is 0 Å². The van der Waals surface area contributed by atoms with Gasteiger partial charge in [0.15, 0.2) is 0 Å². The van der Waals surface area contributed by atoms with Crippen LogP contribution >= 0.6 is 23.2 Å². The van der Waals surface area contributed by atoms with E-state index in [0.717, 1.165) is 29.3 Å². The molecule has 0 saturated heterocycles. The molecule has 0 fully saturated rings. The molecule has 4 aliphatic rings. The zero-order chi connectivity index (χ0) is 36.9. The van der Waals surface area contributed by atoms with Gasteiger partial charge in [0.05, 0.1) is 0 Å². The van der Waals surface area contributed by atoms with Crippen LogP contribution in [0.1, 0.15) is 130 Å². The van der Waals surface area contributed by atoms with E-state index in [0.29, 0.717) is 3.63 Å². The first-order valence-electron chi connectivity index (χ1n) is 18.9. The summed E-state index contributed by atoms with van der Waals surface area (Å²) in [7, 11) is 0. The molecule has 0 bridgehead atoms. The SMILES string of the molecule is CC1=CCC(C)(C)c2cc3c(cc21)-c1cc2c(cc1[CH]3[Zr+2]([C]1=CC(C(C)(C)C)=CC1)=[C](c1cccc(Cl)c1)c1cccc(Cl)c1)C(C)(C)CC=C2C.[Cl-].[Cl-]. The Morgan fingerprint density at radius 1 is 0.648 bits per heavy atom. The second-order valence-electron chi connectivity index (χ2n) is 17.9. The summed E-state index contributed by atoms with van der Waals surface area (Å²) in [6.45, 7) is 21.4. The molecule has 278 valence electrons. The summed E-state index contributed by atoms with van der Waals surface area (Å²) in [5, 5.41) is 1.55. The number of hydrogen-bond donors (Lipinski definition) is 0. The smallest absolute Gasteiger partial charge is 1.00 e. The molecule has 4 aromatic carbocycles. The van der Waals surface area contributed by atoms with Gasteiger partial charge in [-0.2, -0.15) is 0 Å². The van der Waals surface area contributed by atoms with Gasteiger partial charge in [0, 0.05) is 0 Å². The van der Waals surface area contributed by atoms with Crippen molar-refractivity contribution in [1.29, 1.82) is 0 Å². The third-order valence-electron chi connectivity index (χ3n) is 12.3. The van der Waals surface area contributed by atoms with Crippen molar-refractivity contribution in [3.05, 3.63) is 161 Å². The average Bonchev–Trinajstić information content (AvgIpc) is 3.70. The molecule has 0 heterocycles. The van der Waals surface area contributed by atoms with Crippen LogP contribution in [-0.4, -0.2) is 3.21 Å². The van der Waals surface area contributed by atoms with Crippen LogP contribution in [0.2, 0.25) is 10.0 Å². The molecular formula is C49H50Cl4Zr. The van der Waals surface area contributed by atoms with Crippen molar-refractivity contribution < 1.29 is 46.1 Å². The Morgan fingerprint density at radius 2 is 1.11 bits per heavy atom. The molecule has 0 unspecified atom stereocenters. The summed E-state index contributed by atoms with van der Waals surface area (Å²) in [5.41, 5.74) is 18.7. The Balaban J connectivity index is 0.00000249. The summed E-state index contributed by atoms with van der Waals surface area (Å²) in [6.07, 6.45) is 13.2. The van der Waals surface area contributed by atoms with Gasteiger partial charge < -0.3 is 24.8 Å². The second kappa shape index (κ2) is 14.9.